The van der Waals surface area contributed by atoms with Crippen LogP contribution in [0.5, 0.6) is 0 Å². The van der Waals surface area contributed by atoms with Gasteiger partial charge in [0.25, 0.3) is 0 Å². The van der Waals surface area contributed by atoms with Gasteiger partial charge in [-0.2, -0.15) is 0 Å². The Morgan fingerprint density at radius 3 is 2.72 bits per heavy atom. The van der Waals surface area contributed by atoms with E-state index in [2.05, 4.69) is 15.6 Å². The van der Waals surface area contributed by atoms with Crippen molar-refractivity contribution < 1.29 is 9.21 Å². The standard InChI is InChI=1S/C12H12ClN3O2/c1-8-11(18-7-15-8)6-14-12(17)16-10-4-2-9(13)3-5-10/h2-5,7H,6H2,1H3,(H2,14,16,17). The van der Waals surface area contributed by atoms with Gasteiger partial charge in [0.1, 0.15) is 5.76 Å². The third-order valence-corrected chi connectivity index (χ3v) is 2.61. The van der Waals surface area contributed by atoms with Gasteiger partial charge >= 0.3 is 6.03 Å². The molecule has 1 aromatic heterocycles. The molecule has 0 saturated carbocycles. The molecule has 0 aliphatic carbocycles. The summed E-state index contributed by atoms with van der Waals surface area (Å²) >= 11 is 5.75. The van der Waals surface area contributed by atoms with Gasteiger partial charge in [0.2, 0.25) is 0 Å². The van der Waals surface area contributed by atoms with Crippen molar-refractivity contribution >= 4 is 23.3 Å². The van der Waals surface area contributed by atoms with E-state index in [-0.39, 0.29) is 6.03 Å². The van der Waals surface area contributed by atoms with Crippen molar-refractivity contribution in [3.05, 3.63) is 47.1 Å². The monoisotopic (exact) mass is 265 g/mol. The number of carbonyl (C=O) groups excluding carboxylic acids is 1. The van der Waals surface area contributed by atoms with Crippen molar-refractivity contribution in [2.45, 2.75) is 13.5 Å². The van der Waals surface area contributed by atoms with Gasteiger partial charge in [-0.3, -0.25) is 0 Å². The smallest absolute Gasteiger partial charge is 0.319 e. The molecule has 6 heteroatoms. The second-order valence-corrected chi connectivity index (χ2v) is 4.11. The Bertz CT molecular complexity index is 537. The second kappa shape index (κ2) is 5.55. The first-order chi connectivity index (χ1) is 8.65. The summed E-state index contributed by atoms with van der Waals surface area (Å²) in [4.78, 5) is 15.5. The summed E-state index contributed by atoms with van der Waals surface area (Å²) in [6.45, 7) is 2.11. The molecule has 2 N–H and O–H groups in total. The van der Waals surface area contributed by atoms with Gasteiger partial charge in [-0.05, 0) is 31.2 Å². The highest BCUT2D eigenvalue weighted by molar-refractivity contribution is 6.30. The Labute approximate surface area is 109 Å². The highest BCUT2D eigenvalue weighted by atomic mass is 35.5. The van der Waals surface area contributed by atoms with Gasteiger partial charge in [0, 0.05) is 10.7 Å². The molecule has 0 spiro atoms. The molecule has 18 heavy (non-hydrogen) atoms. The van der Waals surface area contributed by atoms with Crippen LogP contribution in [0.2, 0.25) is 5.02 Å². The molecule has 0 aliphatic heterocycles. The number of aromatic nitrogens is 1. The SMILES string of the molecule is Cc1ncoc1CNC(=O)Nc1ccc(Cl)cc1. The summed E-state index contributed by atoms with van der Waals surface area (Å²) in [7, 11) is 0. The van der Waals surface area contributed by atoms with Crippen molar-refractivity contribution in [3.8, 4) is 0 Å². The molecule has 0 fully saturated rings. The number of hydrogen-bond donors (Lipinski definition) is 2. The number of oxazole rings is 1. The van der Waals surface area contributed by atoms with E-state index in [1.54, 1.807) is 24.3 Å². The fourth-order valence-electron chi connectivity index (χ4n) is 1.36. The number of urea groups is 1. The summed E-state index contributed by atoms with van der Waals surface area (Å²) < 4.78 is 5.11. The molecule has 94 valence electrons. The number of nitrogens with one attached hydrogen (secondary N) is 2. The third-order valence-electron chi connectivity index (χ3n) is 2.36. The summed E-state index contributed by atoms with van der Waals surface area (Å²) in [5.41, 5.74) is 1.44. The number of amides is 2. The number of halogens is 1. The Morgan fingerprint density at radius 1 is 1.39 bits per heavy atom. The Morgan fingerprint density at radius 2 is 2.11 bits per heavy atom. The summed E-state index contributed by atoms with van der Waals surface area (Å²) in [5, 5.41) is 5.98. The average Bonchev–Trinajstić information content (AvgIpc) is 2.75. The number of hydrogen-bond acceptors (Lipinski definition) is 3. The summed E-state index contributed by atoms with van der Waals surface area (Å²) in [6, 6.07) is 6.55. The molecule has 2 aromatic rings. The molecule has 0 bridgehead atoms. The summed E-state index contributed by atoms with van der Waals surface area (Å²) in [6.07, 6.45) is 1.35. The molecule has 0 saturated heterocycles. The predicted molar refractivity (Wildman–Crippen MR) is 68.6 cm³/mol. The van der Waals surface area contributed by atoms with E-state index in [0.29, 0.717) is 23.0 Å². The minimum absolute atomic E-state index is 0.297. The lowest BCUT2D eigenvalue weighted by Crippen LogP contribution is -2.28. The van der Waals surface area contributed by atoms with Gasteiger partial charge in [-0.1, -0.05) is 11.6 Å². The van der Waals surface area contributed by atoms with Crippen molar-refractivity contribution in [1.82, 2.24) is 10.3 Å². The lowest BCUT2D eigenvalue weighted by molar-refractivity contribution is 0.251. The number of carbonyl (C=O) groups is 1. The molecular weight excluding hydrogens is 254 g/mol. The van der Waals surface area contributed by atoms with Crippen LogP contribution in [0, 0.1) is 6.92 Å². The van der Waals surface area contributed by atoms with Crippen LogP contribution in [-0.2, 0) is 6.54 Å². The largest absolute Gasteiger partial charge is 0.446 e. The zero-order chi connectivity index (χ0) is 13.0. The van der Waals surface area contributed by atoms with Crippen molar-refractivity contribution in [1.29, 1.82) is 0 Å². The molecule has 0 atom stereocenters. The normalized spacial score (nSPS) is 10.1. The number of rotatable bonds is 3. The number of anilines is 1. The fourth-order valence-corrected chi connectivity index (χ4v) is 1.49. The maximum atomic E-state index is 11.6. The fraction of sp³-hybridized carbons (Fsp3) is 0.167. The van der Waals surface area contributed by atoms with E-state index in [1.165, 1.54) is 6.39 Å². The van der Waals surface area contributed by atoms with Crippen molar-refractivity contribution in [2.24, 2.45) is 0 Å². The van der Waals surface area contributed by atoms with Crippen molar-refractivity contribution in [2.75, 3.05) is 5.32 Å². The van der Waals surface area contributed by atoms with Crippen LogP contribution in [0.4, 0.5) is 10.5 Å². The number of aryl methyl sites for hydroxylation is 1. The molecule has 0 aliphatic rings. The van der Waals surface area contributed by atoms with Gasteiger partial charge in [-0.15, -0.1) is 0 Å². The highest BCUT2D eigenvalue weighted by Crippen LogP contribution is 2.13. The maximum absolute atomic E-state index is 11.6. The quantitative estimate of drug-likeness (QED) is 0.897. The first-order valence-electron chi connectivity index (χ1n) is 5.34. The minimum atomic E-state index is -0.312. The van der Waals surface area contributed by atoms with E-state index in [0.717, 1.165) is 5.69 Å². The lowest BCUT2D eigenvalue weighted by atomic mass is 10.3. The van der Waals surface area contributed by atoms with Crippen LogP contribution < -0.4 is 10.6 Å². The minimum Gasteiger partial charge on any atom is -0.446 e. The highest BCUT2D eigenvalue weighted by Gasteiger charge is 2.06. The Kier molecular flexibility index (Phi) is 3.84. The Balaban J connectivity index is 1.86. The lowest BCUT2D eigenvalue weighted by Gasteiger charge is -2.06. The van der Waals surface area contributed by atoms with E-state index >= 15 is 0 Å². The van der Waals surface area contributed by atoms with E-state index < -0.39 is 0 Å². The number of nitrogens with zero attached hydrogens (tertiary/aromatic N) is 1. The van der Waals surface area contributed by atoms with Gasteiger partial charge in [-0.25, -0.2) is 9.78 Å². The molecular formula is C12H12ClN3O2. The third kappa shape index (κ3) is 3.24. The first kappa shape index (κ1) is 12.4. The van der Waals surface area contributed by atoms with Crippen LogP contribution in [0.1, 0.15) is 11.5 Å². The van der Waals surface area contributed by atoms with E-state index in [4.69, 9.17) is 16.0 Å². The zero-order valence-corrected chi connectivity index (χ0v) is 10.5. The number of benzene rings is 1. The van der Waals surface area contributed by atoms with Gasteiger partial charge < -0.3 is 15.1 Å². The molecule has 1 heterocycles. The van der Waals surface area contributed by atoms with E-state index in [1.807, 2.05) is 6.92 Å². The van der Waals surface area contributed by atoms with Gasteiger partial charge in [0.05, 0.1) is 12.2 Å². The molecule has 2 rings (SSSR count). The van der Waals surface area contributed by atoms with Crippen LogP contribution >= 0.6 is 11.6 Å². The van der Waals surface area contributed by atoms with Crippen LogP contribution in [0.15, 0.2) is 35.1 Å². The first-order valence-corrected chi connectivity index (χ1v) is 5.72. The molecule has 5 nitrogen and oxygen atoms in total. The molecule has 2 amide bonds. The topological polar surface area (TPSA) is 67.2 Å². The van der Waals surface area contributed by atoms with Crippen molar-refractivity contribution in [3.63, 3.8) is 0 Å². The molecule has 0 radical (unpaired) electrons. The average molecular weight is 266 g/mol. The van der Waals surface area contributed by atoms with Crippen LogP contribution in [0.25, 0.3) is 0 Å². The maximum Gasteiger partial charge on any atom is 0.319 e. The Hall–Kier alpha value is -2.01. The predicted octanol–water partition coefficient (Wildman–Crippen LogP) is 2.96. The molecule has 1 aromatic carbocycles. The second-order valence-electron chi connectivity index (χ2n) is 3.68. The summed E-state index contributed by atoms with van der Waals surface area (Å²) in [5.74, 6) is 0.640. The zero-order valence-electron chi connectivity index (χ0n) is 9.74. The van der Waals surface area contributed by atoms with Crippen LogP contribution in [-0.4, -0.2) is 11.0 Å². The van der Waals surface area contributed by atoms with E-state index in [9.17, 15) is 4.79 Å². The molecule has 0 unspecified atom stereocenters. The van der Waals surface area contributed by atoms with Crippen LogP contribution in [0.3, 0.4) is 0 Å². The van der Waals surface area contributed by atoms with Gasteiger partial charge in [0.15, 0.2) is 6.39 Å².